The number of hydrogen-bond donors (Lipinski definition) is 1. The van der Waals surface area contributed by atoms with Gasteiger partial charge in [-0.15, -0.1) is 0 Å². The van der Waals surface area contributed by atoms with E-state index < -0.39 is 11.6 Å². The lowest BCUT2D eigenvalue weighted by atomic mass is 9.84. The van der Waals surface area contributed by atoms with Crippen molar-refractivity contribution in [2.75, 3.05) is 0 Å². The molecule has 2 aromatic carbocycles. The molecule has 160 valence electrons. The number of carbonyl (C=O) groups is 2. The molecular weight excluding hydrogens is 374 g/mol. The summed E-state index contributed by atoms with van der Waals surface area (Å²) in [7, 11) is 0. The van der Waals surface area contributed by atoms with Gasteiger partial charge in [-0.05, 0) is 55.4 Å². The van der Waals surface area contributed by atoms with Gasteiger partial charge in [0.25, 0.3) is 0 Å². The van der Waals surface area contributed by atoms with Crippen molar-refractivity contribution in [2.24, 2.45) is 11.8 Å². The van der Waals surface area contributed by atoms with E-state index in [9.17, 15) is 9.59 Å². The fraction of sp³-hybridized carbons (Fsp3) is 0.462. The Balaban J connectivity index is 1.84. The number of hydrogen-bond acceptors (Lipinski definition) is 3. The molecule has 1 amide bonds. The summed E-state index contributed by atoms with van der Waals surface area (Å²) in [6.07, 6.45) is 0.547. The first-order chi connectivity index (χ1) is 14.1. The lowest BCUT2D eigenvalue weighted by molar-refractivity contribution is -0.159. The standard InChI is InChI=1S/C26H33NO3/c1-16(2)15-22(25(29)30-26(4,5)6)27-24(28)17(3)23-20-13-9-7-11-18(20)19-12-8-10-14-21(19)23/h7-14,16-17,22-23H,15H2,1-6H3,(H,27,28)/t17?,22-/m0/s1. The molecule has 0 fully saturated rings. The monoisotopic (exact) mass is 407 g/mol. The predicted octanol–water partition coefficient (Wildman–Crippen LogP) is 5.31. The number of rotatable bonds is 6. The van der Waals surface area contributed by atoms with Gasteiger partial charge in [0.05, 0.1) is 0 Å². The average molecular weight is 408 g/mol. The third-order valence-corrected chi connectivity index (χ3v) is 5.51. The van der Waals surface area contributed by atoms with Gasteiger partial charge in [-0.2, -0.15) is 0 Å². The molecule has 0 saturated carbocycles. The van der Waals surface area contributed by atoms with E-state index >= 15 is 0 Å². The van der Waals surface area contributed by atoms with Crippen LogP contribution in [-0.4, -0.2) is 23.5 Å². The Morgan fingerprint density at radius 2 is 1.43 bits per heavy atom. The van der Waals surface area contributed by atoms with Crippen LogP contribution in [-0.2, 0) is 14.3 Å². The van der Waals surface area contributed by atoms with Gasteiger partial charge in [0, 0.05) is 11.8 Å². The quantitative estimate of drug-likeness (QED) is 0.661. The van der Waals surface area contributed by atoms with Crippen LogP contribution in [0, 0.1) is 11.8 Å². The molecule has 0 radical (unpaired) electrons. The van der Waals surface area contributed by atoms with Gasteiger partial charge >= 0.3 is 5.97 Å². The maximum absolute atomic E-state index is 13.3. The van der Waals surface area contributed by atoms with Gasteiger partial charge in [0.15, 0.2) is 0 Å². The molecule has 2 aromatic rings. The van der Waals surface area contributed by atoms with Crippen LogP contribution in [0.5, 0.6) is 0 Å². The number of nitrogens with one attached hydrogen (secondary N) is 1. The first-order valence-electron chi connectivity index (χ1n) is 10.8. The molecule has 0 bridgehead atoms. The van der Waals surface area contributed by atoms with Crippen LogP contribution in [0.1, 0.15) is 65.0 Å². The van der Waals surface area contributed by atoms with Crippen molar-refractivity contribution in [3.63, 3.8) is 0 Å². The SMILES string of the molecule is CC(C)C[C@H](NC(=O)C(C)C1c2ccccc2-c2ccccc21)C(=O)OC(C)(C)C. The summed E-state index contributed by atoms with van der Waals surface area (Å²) in [5.74, 6) is -0.583. The van der Waals surface area contributed by atoms with Gasteiger partial charge in [-0.1, -0.05) is 69.3 Å². The van der Waals surface area contributed by atoms with Crippen molar-refractivity contribution in [3.05, 3.63) is 59.7 Å². The summed E-state index contributed by atoms with van der Waals surface area (Å²) in [5.41, 5.74) is 4.11. The smallest absolute Gasteiger partial charge is 0.329 e. The first-order valence-corrected chi connectivity index (χ1v) is 10.8. The van der Waals surface area contributed by atoms with E-state index in [1.54, 1.807) is 0 Å². The molecule has 0 saturated heterocycles. The van der Waals surface area contributed by atoms with Crippen LogP contribution in [0.3, 0.4) is 0 Å². The molecule has 1 aliphatic carbocycles. The van der Waals surface area contributed by atoms with Crippen LogP contribution >= 0.6 is 0 Å². The minimum atomic E-state index is -0.647. The van der Waals surface area contributed by atoms with E-state index in [1.165, 1.54) is 22.3 Å². The number of benzene rings is 2. The van der Waals surface area contributed by atoms with E-state index in [-0.39, 0.29) is 29.6 Å². The molecule has 1 unspecified atom stereocenters. The zero-order chi connectivity index (χ0) is 22.1. The maximum atomic E-state index is 13.3. The number of amides is 1. The maximum Gasteiger partial charge on any atom is 0.329 e. The molecule has 2 atom stereocenters. The van der Waals surface area contributed by atoms with Crippen molar-refractivity contribution in [2.45, 2.75) is 65.5 Å². The summed E-state index contributed by atoms with van der Waals surface area (Å²) in [6.45, 7) is 11.5. The zero-order valence-electron chi connectivity index (χ0n) is 18.9. The lowest BCUT2D eigenvalue weighted by Crippen LogP contribution is -2.47. The first kappa shape index (κ1) is 22.1. The van der Waals surface area contributed by atoms with E-state index in [0.717, 1.165) is 0 Å². The zero-order valence-corrected chi connectivity index (χ0v) is 18.9. The topological polar surface area (TPSA) is 55.4 Å². The van der Waals surface area contributed by atoms with Crippen molar-refractivity contribution in [3.8, 4) is 11.1 Å². The minimum absolute atomic E-state index is 0.0317. The average Bonchev–Trinajstić information content (AvgIpc) is 2.99. The summed E-state index contributed by atoms with van der Waals surface area (Å²) < 4.78 is 5.57. The fourth-order valence-corrected chi connectivity index (χ4v) is 4.25. The second-order valence-corrected chi connectivity index (χ2v) is 9.67. The van der Waals surface area contributed by atoms with Gasteiger partial charge in [0.1, 0.15) is 11.6 Å². The lowest BCUT2D eigenvalue weighted by Gasteiger charge is -2.28. The van der Waals surface area contributed by atoms with Crippen LogP contribution in [0.4, 0.5) is 0 Å². The highest BCUT2D eigenvalue weighted by molar-refractivity contribution is 5.89. The highest BCUT2D eigenvalue weighted by Gasteiger charge is 2.37. The van der Waals surface area contributed by atoms with Crippen LogP contribution in [0.15, 0.2) is 48.5 Å². The van der Waals surface area contributed by atoms with Crippen LogP contribution in [0.2, 0.25) is 0 Å². The summed E-state index contributed by atoms with van der Waals surface area (Å²) in [4.78, 5) is 26.0. The Morgan fingerprint density at radius 3 is 1.90 bits per heavy atom. The second kappa shape index (κ2) is 8.63. The minimum Gasteiger partial charge on any atom is -0.458 e. The molecule has 3 rings (SSSR count). The predicted molar refractivity (Wildman–Crippen MR) is 120 cm³/mol. The van der Waals surface area contributed by atoms with E-state index in [1.807, 2.05) is 65.8 Å². The van der Waals surface area contributed by atoms with Crippen molar-refractivity contribution in [1.29, 1.82) is 0 Å². The third kappa shape index (κ3) is 4.75. The Morgan fingerprint density at radius 1 is 0.933 bits per heavy atom. The number of carbonyl (C=O) groups excluding carboxylic acids is 2. The molecular formula is C26H33NO3. The number of fused-ring (bicyclic) bond motifs is 3. The summed E-state index contributed by atoms with van der Waals surface area (Å²) >= 11 is 0. The highest BCUT2D eigenvalue weighted by Crippen LogP contribution is 2.47. The number of esters is 1. The molecule has 4 heteroatoms. The molecule has 0 aliphatic heterocycles. The molecule has 30 heavy (non-hydrogen) atoms. The van der Waals surface area contributed by atoms with Crippen molar-refractivity contribution < 1.29 is 14.3 Å². The molecule has 1 aliphatic rings. The summed E-state index contributed by atoms with van der Waals surface area (Å²) in [5, 5.41) is 3.00. The second-order valence-electron chi connectivity index (χ2n) is 9.67. The van der Waals surface area contributed by atoms with Crippen molar-refractivity contribution >= 4 is 11.9 Å². The fourth-order valence-electron chi connectivity index (χ4n) is 4.25. The van der Waals surface area contributed by atoms with Gasteiger partial charge < -0.3 is 10.1 Å². The Hall–Kier alpha value is -2.62. The normalized spacial score (nSPS) is 15.3. The molecule has 4 nitrogen and oxygen atoms in total. The summed E-state index contributed by atoms with van der Waals surface area (Å²) in [6, 6.07) is 15.9. The molecule has 0 aromatic heterocycles. The van der Waals surface area contributed by atoms with E-state index in [0.29, 0.717) is 6.42 Å². The van der Waals surface area contributed by atoms with Gasteiger partial charge in [-0.3, -0.25) is 4.79 Å². The van der Waals surface area contributed by atoms with Crippen LogP contribution < -0.4 is 5.32 Å². The molecule has 0 spiro atoms. The molecule has 1 N–H and O–H groups in total. The Kier molecular flexibility index (Phi) is 6.35. The highest BCUT2D eigenvalue weighted by atomic mass is 16.6. The van der Waals surface area contributed by atoms with Crippen molar-refractivity contribution in [1.82, 2.24) is 5.32 Å². The molecule has 0 heterocycles. The van der Waals surface area contributed by atoms with E-state index in [4.69, 9.17) is 4.74 Å². The van der Waals surface area contributed by atoms with Crippen LogP contribution in [0.25, 0.3) is 11.1 Å². The largest absolute Gasteiger partial charge is 0.458 e. The van der Waals surface area contributed by atoms with E-state index in [2.05, 4.69) is 29.6 Å². The Bertz CT molecular complexity index is 880. The Labute approximate surface area is 180 Å². The van der Waals surface area contributed by atoms with Gasteiger partial charge in [0.2, 0.25) is 5.91 Å². The third-order valence-electron chi connectivity index (χ3n) is 5.51. The van der Waals surface area contributed by atoms with Gasteiger partial charge in [-0.25, -0.2) is 4.79 Å². The number of ether oxygens (including phenoxy) is 1.